The molecule has 3 rings (SSSR count). The number of aliphatic hydroxyl groups is 1. The van der Waals surface area contributed by atoms with Gasteiger partial charge in [-0.25, -0.2) is 9.18 Å². The maximum atomic E-state index is 14.2. The highest BCUT2D eigenvalue weighted by Gasteiger charge is 2.23. The summed E-state index contributed by atoms with van der Waals surface area (Å²) in [5, 5.41) is 29.8. The number of hydrogen-bond acceptors (Lipinski definition) is 5. The van der Waals surface area contributed by atoms with Crippen LogP contribution in [0, 0.1) is 5.82 Å². The third-order valence-corrected chi connectivity index (χ3v) is 5.37. The molecule has 8 nitrogen and oxygen atoms in total. The third-order valence-electron chi connectivity index (χ3n) is 5.14. The number of aliphatic hydroxyl groups excluding tert-OH is 1. The molecule has 0 unspecified atom stereocenters. The van der Waals surface area contributed by atoms with Crippen LogP contribution in [0.5, 0.6) is 0 Å². The van der Waals surface area contributed by atoms with Crippen molar-refractivity contribution in [3.8, 4) is 11.1 Å². The molecule has 2 aromatic carbocycles. The second kappa shape index (κ2) is 11.5. The minimum Gasteiger partial charge on any atom is -0.479 e. The van der Waals surface area contributed by atoms with Crippen molar-refractivity contribution in [2.45, 2.75) is 38.0 Å². The molecule has 178 valence electrons. The van der Waals surface area contributed by atoms with Gasteiger partial charge in [-0.05, 0) is 42.2 Å². The van der Waals surface area contributed by atoms with Gasteiger partial charge in [-0.2, -0.15) is 0 Å². The molecule has 3 N–H and O–H groups in total. The fourth-order valence-electron chi connectivity index (χ4n) is 3.38. The number of carboxylic acid groups (broad SMARTS) is 1. The van der Waals surface area contributed by atoms with Crippen molar-refractivity contribution in [1.29, 1.82) is 0 Å². The number of carbonyl (C=O) groups excluding carboxylic acids is 1. The van der Waals surface area contributed by atoms with Crippen molar-refractivity contribution < 1.29 is 24.2 Å². The van der Waals surface area contributed by atoms with Crippen molar-refractivity contribution in [3.63, 3.8) is 0 Å². The molecule has 0 fully saturated rings. The first-order valence-corrected chi connectivity index (χ1v) is 10.9. The van der Waals surface area contributed by atoms with Crippen molar-refractivity contribution in [1.82, 2.24) is 20.3 Å². The molecular weight excluding hydrogens is 463 g/mol. The Hall–Kier alpha value is -3.56. The Morgan fingerprint density at radius 2 is 1.97 bits per heavy atom. The highest BCUT2D eigenvalue weighted by molar-refractivity contribution is 6.30. The van der Waals surface area contributed by atoms with E-state index in [1.165, 1.54) is 29.1 Å². The molecule has 0 saturated heterocycles. The zero-order chi connectivity index (χ0) is 24.7. The quantitative estimate of drug-likeness (QED) is 0.357. The highest BCUT2D eigenvalue weighted by Crippen LogP contribution is 2.26. The van der Waals surface area contributed by atoms with Crippen molar-refractivity contribution in [2.24, 2.45) is 0 Å². The van der Waals surface area contributed by atoms with Crippen molar-refractivity contribution >= 4 is 23.5 Å². The minimum absolute atomic E-state index is 0.0747. The molecule has 0 spiro atoms. The van der Waals surface area contributed by atoms with Crippen molar-refractivity contribution in [2.75, 3.05) is 0 Å². The average Bonchev–Trinajstić information content (AvgIpc) is 3.29. The molecule has 0 radical (unpaired) electrons. The van der Waals surface area contributed by atoms with Gasteiger partial charge in [0.15, 0.2) is 11.8 Å². The van der Waals surface area contributed by atoms with E-state index >= 15 is 0 Å². The Morgan fingerprint density at radius 1 is 1.24 bits per heavy atom. The maximum Gasteiger partial charge on any atom is 0.332 e. The number of allylic oxidation sites excluding steroid dienone is 1. The van der Waals surface area contributed by atoms with Crippen LogP contribution in [0.4, 0.5) is 4.39 Å². The zero-order valence-electron chi connectivity index (χ0n) is 18.2. The Morgan fingerprint density at radius 3 is 2.65 bits per heavy atom. The normalized spacial score (nSPS) is 12.7. The summed E-state index contributed by atoms with van der Waals surface area (Å²) in [6.45, 7) is 4.15. The number of carboxylic acids is 1. The van der Waals surface area contributed by atoms with Crippen molar-refractivity contribution in [3.05, 3.63) is 83.4 Å². The zero-order valence-corrected chi connectivity index (χ0v) is 19.0. The molecule has 0 saturated carbocycles. The number of benzene rings is 2. The maximum absolute atomic E-state index is 14.2. The SMILES string of the molecule is C=CCCn1cc(C(=O)N[C@H](Cc2ccc(-c3cc(Cl)ccc3F)cc2)C[C@@H](O)C(=O)O)nn1. The molecule has 2 atom stereocenters. The third kappa shape index (κ3) is 6.72. The number of aliphatic carboxylic acids is 1. The van der Waals surface area contributed by atoms with Gasteiger partial charge >= 0.3 is 5.97 Å². The molecule has 1 aromatic heterocycles. The van der Waals surface area contributed by atoms with E-state index in [1.807, 2.05) is 0 Å². The topological polar surface area (TPSA) is 117 Å². The van der Waals surface area contributed by atoms with E-state index < -0.39 is 29.8 Å². The molecule has 10 heteroatoms. The summed E-state index contributed by atoms with van der Waals surface area (Å²) in [7, 11) is 0. The van der Waals surface area contributed by atoms with Crippen LogP contribution in [0.1, 0.15) is 28.9 Å². The number of amides is 1. The first-order valence-electron chi connectivity index (χ1n) is 10.5. The van der Waals surface area contributed by atoms with Gasteiger partial charge in [0.2, 0.25) is 0 Å². The van der Waals surface area contributed by atoms with E-state index in [2.05, 4.69) is 22.2 Å². The minimum atomic E-state index is -1.66. The van der Waals surface area contributed by atoms with E-state index in [9.17, 15) is 19.1 Å². The van der Waals surface area contributed by atoms with Crippen LogP contribution in [0.2, 0.25) is 5.02 Å². The second-order valence-corrected chi connectivity index (χ2v) is 8.17. The smallest absolute Gasteiger partial charge is 0.332 e. The number of hydrogen-bond donors (Lipinski definition) is 3. The van der Waals surface area contributed by atoms with Gasteiger partial charge in [-0.3, -0.25) is 9.48 Å². The molecule has 3 aromatic rings. The van der Waals surface area contributed by atoms with E-state index in [-0.39, 0.29) is 18.5 Å². The fraction of sp³-hybridized carbons (Fsp3) is 0.250. The Labute approximate surface area is 200 Å². The first-order chi connectivity index (χ1) is 16.3. The summed E-state index contributed by atoms with van der Waals surface area (Å²) >= 11 is 5.97. The standard InChI is InChI=1S/C24H24ClFN4O4/c1-2-3-10-30-14-21(28-29-30)23(32)27-18(13-22(31)24(33)34)11-15-4-6-16(7-5-15)19-12-17(25)8-9-20(19)26/h2,4-9,12,14,18,22,31H,1,3,10-11,13H2,(H,27,32)(H,33,34)/t18-,22-/m1/s1. The van der Waals surface area contributed by atoms with Gasteiger partial charge in [0, 0.05) is 29.6 Å². The number of carbonyl (C=O) groups is 2. The molecule has 1 heterocycles. The van der Waals surface area contributed by atoms with E-state index in [0.29, 0.717) is 29.1 Å². The van der Waals surface area contributed by atoms with Gasteiger partial charge in [-0.1, -0.05) is 47.2 Å². The van der Waals surface area contributed by atoms with E-state index in [1.54, 1.807) is 30.3 Å². The van der Waals surface area contributed by atoms with Gasteiger partial charge in [0.05, 0.1) is 6.20 Å². The van der Waals surface area contributed by atoms with Crippen LogP contribution >= 0.6 is 11.6 Å². The Bertz CT molecular complexity index is 1170. The summed E-state index contributed by atoms with van der Waals surface area (Å²) < 4.78 is 15.7. The second-order valence-electron chi connectivity index (χ2n) is 7.73. The lowest BCUT2D eigenvalue weighted by Crippen LogP contribution is -2.40. The number of nitrogens with zero attached hydrogens (tertiary/aromatic N) is 3. The lowest BCUT2D eigenvalue weighted by Gasteiger charge is -2.20. The molecule has 0 bridgehead atoms. The number of aryl methyl sites for hydroxylation is 1. The van der Waals surface area contributed by atoms with Crippen LogP contribution in [-0.2, 0) is 17.8 Å². The summed E-state index contributed by atoms with van der Waals surface area (Å²) in [6.07, 6.45) is 2.23. The molecule has 34 heavy (non-hydrogen) atoms. The molecule has 1 amide bonds. The lowest BCUT2D eigenvalue weighted by molar-refractivity contribution is -0.147. The Balaban J connectivity index is 1.74. The molecular formula is C24H24ClFN4O4. The number of rotatable bonds is 11. The fourth-order valence-corrected chi connectivity index (χ4v) is 3.55. The van der Waals surface area contributed by atoms with Crippen LogP contribution in [-0.4, -0.2) is 49.2 Å². The highest BCUT2D eigenvalue weighted by atomic mass is 35.5. The summed E-state index contributed by atoms with van der Waals surface area (Å²) in [5.41, 5.74) is 1.80. The number of nitrogens with one attached hydrogen (secondary N) is 1. The summed E-state index contributed by atoms with van der Waals surface area (Å²) in [5.74, 6) is -2.33. The van der Waals surface area contributed by atoms with Gasteiger partial charge < -0.3 is 15.5 Å². The first kappa shape index (κ1) is 25.1. The van der Waals surface area contributed by atoms with Crippen LogP contribution in [0.15, 0.2) is 61.3 Å². The van der Waals surface area contributed by atoms with E-state index in [0.717, 1.165) is 5.56 Å². The predicted octanol–water partition coefficient (Wildman–Crippen LogP) is 3.49. The van der Waals surface area contributed by atoms with Gasteiger partial charge in [-0.15, -0.1) is 11.7 Å². The number of aromatic nitrogens is 3. The largest absolute Gasteiger partial charge is 0.479 e. The molecule has 0 aliphatic heterocycles. The number of halogens is 2. The molecule has 0 aliphatic rings. The van der Waals surface area contributed by atoms with Gasteiger partial charge in [0.1, 0.15) is 5.82 Å². The van der Waals surface area contributed by atoms with E-state index in [4.69, 9.17) is 16.7 Å². The van der Waals surface area contributed by atoms with Crippen LogP contribution in [0.3, 0.4) is 0 Å². The van der Waals surface area contributed by atoms with Crippen LogP contribution < -0.4 is 5.32 Å². The average molecular weight is 487 g/mol. The monoisotopic (exact) mass is 486 g/mol. The lowest BCUT2D eigenvalue weighted by atomic mass is 9.97. The summed E-state index contributed by atoms with van der Waals surface area (Å²) in [4.78, 5) is 23.8. The predicted molar refractivity (Wildman–Crippen MR) is 125 cm³/mol. The molecule has 0 aliphatic carbocycles. The Kier molecular flexibility index (Phi) is 8.50. The summed E-state index contributed by atoms with van der Waals surface area (Å²) in [6, 6.07) is 10.5. The van der Waals surface area contributed by atoms with Crippen LogP contribution in [0.25, 0.3) is 11.1 Å². The van der Waals surface area contributed by atoms with Gasteiger partial charge in [0.25, 0.3) is 5.91 Å².